The molecule has 2 aromatic heterocycles. The van der Waals surface area contributed by atoms with Crippen molar-refractivity contribution in [3.05, 3.63) is 23.3 Å². The molecule has 0 aliphatic carbocycles. The van der Waals surface area contributed by atoms with E-state index in [0.717, 1.165) is 0 Å². The first-order chi connectivity index (χ1) is 11.3. The lowest BCUT2D eigenvalue weighted by molar-refractivity contribution is -0.0720. The van der Waals surface area contributed by atoms with Crippen LogP contribution in [0.25, 0.3) is 11.2 Å². The van der Waals surface area contributed by atoms with E-state index in [9.17, 15) is 14.7 Å². The van der Waals surface area contributed by atoms with Gasteiger partial charge in [0.25, 0.3) is 5.91 Å². The molecule has 0 unspecified atom stereocenters. The van der Waals surface area contributed by atoms with Crippen LogP contribution in [0.2, 0.25) is 0 Å². The zero-order valence-corrected chi connectivity index (χ0v) is 14.2. The lowest BCUT2D eigenvalue weighted by Crippen LogP contribution is -2.50. The van der Waals surface area contributed by atoms with Crippen LogP contribution in [0.1, 0.15) is 41.5 Å². The van der Waals surface area contributed by atoms with Gasteiger partial charge in [0, 0.05) is 26.2 Å². The van der Waals surface area contributed by atoms with E-state index in [4.69, 9.17) is 9.15 Å². The average molecular weight is 334 g/mol. The number of carbonyl (C=O) groups is 2. The highest BCUT2D eigenvalue weighted by atomic mass is 16.5. The van der Waals surface area contributed by atoms with Gasteiger partial charge in [-0.1, -0.05) is 0 Å². The van der Waals surface area contributed by atoms with Gasteiger partial charge in [0.05, 0.1) is 12.3 Å². The first-order valence-electron chi connectivity index (χ1n) is 8.00. The summed E-state index contributed by atoms with van der Waals surface area (Å²) in [5.74, 6) is -1.41. The number of hydrogen-bond donors (Lipinski definition) is 1. The Morgan fingerprint density at radius 1 is 1.12 bits per heavy atom. The Morgan fingerprint density at radius 2 is 1.71 bits per heavy atom. The highest BCUT2D eigenvalue weighted by Crippen LogP contribution is 2.30. The molecule has 0 spiro atoms. The van der Waals surface area contributed by atoms with Crippen molar-refractivity contribution in [2.24, 2.45) is 0 Å². The van der Waals surface area contributed by atoms with E-state index in [1.165, 1.54) is 0 Å². The molecule has 0 radical (unpaired) electrons. The molecule has 0 atom stereocenters. The lowest BCUT2D eigenvalue weighted by atomic mass is 10.1. The van der Waals surface area contributed by atoms with Gasteiger partial charge in [0.1, 0.15) is 22.3 Å². The third kappa shape index (κ3) is 3.22. The molecule has 2 bridgehead atoms. The average Bonchev–Trinajstić information content (AvgIpc) is 3.13. The summed E-state index contributed by atoms with van der Waals surface area (Å²) >= 11 is 0. The van der Waals surface area contributed by atoms with Crippen molar-refractivity contribution in [3.8, 4) is 0 Å². The number of furan rings is 2. The van der Waals surface area contributed by atoms with E-state index in [2.05, 4.69) is 4.90 Å². The van der Waals surface area contributed by atoms with Crippen LogP contribution in [0.5, 0.6) is 0 Å². The number of benzene rings is 1. The third-order valence-corrected chi connectivity index (χ3v) is 4.12. The molecule has 3 rings (SSSR count). The van der Waals surface area contributed by atoms with Crippen molar-refractivity contribution in [2.45, 2.75) is 26.4 Å². The summed E-state index contributed by atoms with van der Waals surface area (Å²) in [4.78, 5) is 28.0. The van der Waals surface area contributed by atoms with Gasteiger partial charge in [-0.05, 0) is 32.9 Å². The fourth-order valence-corrected chi connectivity index (χ4v) is 2.80. The van der Waals surface area contributed by atoms with Gasteiger partial charge in [-0.2, -0.15) is 0 Å². The van der Waals surface area contributed by atoms with Gasteiger partial charge < -0.3 is 19.2 Å². The van der Waals surface area contributed by atoms with E-state index >= 15 is 0 Å². The standard InChI is InChI=1S/C17H22N2O5/c1-17(2,3)23-10-18-6-8-19(9-7-18)15(20)13-11-4-5-12(24-11)14(13)16(21)22/h4-5H,6-10H2,1-3H3,(H,21,22). The third-order valence-electron chi connectivity index (χ3n) is 4.12. The number of ether oxygens (including phenoxy) is 1. The number of aromatic carboxylic acids is 1. The van der Waals surface area contributed by atoms with Gasteiger partial charge in [-0.3, -0.25) is 9.69 Å². The lowest BCUT2D eigenvalue weighted by Gasteiger charge is -2.35. The Bertz CT molecular complexity index is 737. The highest BCUT2D eigenvalue weighted by Gasteiger charge is 2.31. The second kappa shape index (κ2) is 6.07. The van der Waals surface area contributed by atoms with Crippen LogP contribution >= 0.6 is 0 Å². The quantitative estimate of drug-likeness (QED) is 0.922. The van der Waals surface area contributed by atoms with Gasteiger partial charge in [-0.25, -0.2) is 4.79 Å². The summed E-state index contributed by atoms with van der Waals surface area (Å²) in [6.07, 6.45) is 0. The van der Waals surface area contributed by atoms with Gasteiger partial charge in [0.2, 0.25) is 0 Å². The minimum absolute atomic E-state index is 0.0315. The van der Waals surface area contributed by atoms with Crippen molar-refractivity contribution >= 4 is 23.0 Å². The van der Waals surface area contributed by atoms with Crippen molar-refractivity contribution < 1.29 is 23.8 Å². The maximum absolute atomic E-state index is 12.7. The molecule has 7 nitrogen and oxygen atoms in total. The molecule has 0 saturated carbocycles. The van der Waals surface area contributed by atoms with Crippen LogP contribution in [-0.2, 0) is 4.74 Å². The minimum atomic E-state index is -1.13. The van der Waals surface area contributed by atoms with Crippen molar-refractivity contribution in [3.63, 3.8) is 0 Å². The van der Waals surface area contributed by atoms with Gasteiger partial charge in [-0.15, -0.1) is 0 Å². The van der Waals surface area contributed by atoms with E-state index in [1.807, 2.05) is 20.8 Å². The van der Waals surface area contributed by atoms with Crippen LogP contribution in [0.4, 0.5) is 0 Å². The highest BCUT2D eigenvalue weighted by molar-refractivity contribution is 6.14. The van der Waals surface area contributed by atoms with Gasteiger partial charge in [0.15, 0.2) is 0 Å². The van der Waals surface area contributed by atoms with Crippen LogP contribution in [0, 0.1) is 0 Å². The van der Waals surface area contributed by atoms with Crippen LogP contribution in [0.15, 0.2) is 16.5 Å². The summed E-state index contributed by atoms with van der Waals surface area (Å²) in [7, 11) is 0. The number of rotatable bonds is 4. The molecule has 1 N–H and O–H groups in total. The minimum Gasteiger partial charge on any atom is -0.478 e. The molecule has 1 saturated heterocycles. The summed E-state index contributed by atoms with van der Waals surface area (Å²) in [5, 5.41) is 9.34. The molecular weight excluding hydrogens is 312 g/mol. The number of nitrogens with zero attached hydrogens (tertiary/aromatic N) is 2. The zero-order valence-electron chi connectivity index (χ0n) is 14.2. The largest absolute Gasteiger partial charge is 0.478 e. The number of carboxylic acids is 1. The molecule has 7 heteroatoms. The Labute approximate surface area is 140 Å². The van der Waals surface area contributed by atoms with Gasteiger partial charge >= 0.3 is 5.97 Å². The summed E-state index contributed by atoms with van der Waals surface area (Å²) < 4.78 is 11.1. The number of carboxylic acid groups (broad SMARTS) is 1. The monoisotopic (exact) mass is 334 g/mol. The molecule has 130 valence electrons. The molecule has 24 heavy (non-hydrogen) atoms. The number of hydrogen-bond acceptors (Lipinski definition) is 5. The summed E-state index contributed by atoms with van der Waals surface area (Å²) in [5.41, 5.74) is 0.522. The van der Waals surface area contributed by atoms with E-state index in [1.54, 1.807) is 17.0 Å². The van der Waals surface area contributed by atoms with Crippen molar-refractivity contribution in [1.29, 1.82) is 0 Å². The smallest absolute Gasteiger partial charge is 0.340 e. The first-order valence-corrected chi connectivity index (χ1v) is 8.00. The normalized spacial score (nSPS) is 16.9. The maximum Gasteiger partial charge on any atom is 0.340 e. The molecule has 3 heterocycles. The second-order valence-corrected chi connectivity index (χ2v) is 7.02. The predicted molar refractivity (Wildman–Crippen MR) is 87.5 cm³/mol. The summed E-state index contributed by atoms with van der Waals surface area (Å²) in [6.45, 7) is 9.00. The predicted octanol–water partition coefficient (Wildman–Crippen LogP) is 2.10. The fraction of sp³-hybridized carbons (Fsp3) is 0.529. The number of amides is 1. The molecule has 1 aliphatic rings. The SMILES string of the molecule is CC(C)(C)OCN1CCN(C(=O)c2c(C(=O)O)c3ccc2o3)CC1. The fourth-order valence-electron chi connectivity index (χ4n) is 2.80. The Morgan fingerprint density at radius 3 is 2.25 bits per heavy atom. The summed E-state index contributed by atoms with van der Waals surface area (Å²) in [6, 6.07) is 3.22. The second-order valence-electron chi connectivity index (χ2n) is 7.02. The maximum atomic E-state index is 12.7. The molecular formula is C17H22N2O5. The molecule has 2 aromatic rings. The molecule has 1 aliphatic heterocycles. The van der Waals surface area contributed by atoms with E-state index in [-0.39, 0.29) is 28.2 Å². The molecule has 0 aromatic carbocycles. The van der Waals surface area contributed by atoms with Crippen LogP contribution < -0.4 is 0 Å². The number of piperazine rings is 1. The Hall–Kier alpha value is -2.12. The van der Waals surface area contributed by atoms with E-state index in [0.29, 0.717) is 38.5 Å². The first kappa shape index (κ1) is 16.7. The Balaban J connectivity index is 1.66. The van der Waals surface area contributed by atoms with Crippen molar-refractivity contribution in [2.75, 3.05) is 32.9 Å². The van der Waals surface area contributed by atoms with Crippen molar-refractivity contribution in [1.82, 2.24) is 9.80 Å². The zero-order chi connectivity index (χ0) is 17.5. The van der Waals surface area contributed by atoms with Crippen LogP contribution in [0.3, 0.4) is 0 Å². The molecule has 1 amide bonds. The van der Waals surface area contributed by atoms with Crippen LogP contribution in [-0.4, -0.2) is 65.3 Å². The number of fused-ring (bicyclic) bond motifs is 2. The van der Waals surface area contributed by atoms with E-state index < -0.39 is 5.97 Å². The topological polar surface area (TPSA) is 83.2 Å². The molecule has 1 fully saturated rings. The Kier molecular flexibility index (Phi) is 4.23. The number of carbonyl (C=O) groups excluding carboxylic acids is 1.